The van der Waals surface area contributed by atoms with Gasteiger partial charge in [-0.15, -0.1) is 0 Å². The highest BCUT2D eigenvalue weighted by molar-refractivity contribution is 5.82. The maximum atomic E-state index is 12.2. The van der Waals surface area contributed by atoms with Crippen LogP contribution in [-0.4, -0.2) is 18.5 Å². The summed E-state index contributed by atoms with van der Waals surface area (Å²) in [5.74, 6) is 1.63. The Bertz CT molecular complexity index is 468. The van der Waals surface area contributed by atoms with E-state index >= 15 is 0 Å². The Kier molecular flexibility index (Phi) is 3.56. The molecule has 1 aromatic carbocycles. The molecule has 3 nitrogen and oxygen atoms in total. The summed E-state index contributed by atoms with van der Waals surface area (Å²) in [5.41, 5.74) is 2.62. The number of fused-ring (bicyclic) bond motifs is 1. The first-order valence-corrected chi connectivity index (χ1v) is 7.32. The monoisotopic (exact) mass is 258 g/mol. The first-order chi connectivity index (χ1) is 9.24. The van der Waals surface area contributed by atoms with Crippen molar-refractivity contribution in [3.8, 4) is 0 Å². The molecule has 3 rings (SSSR count). The Hall–Kier alpha value is -1.35. The van der Waals surface area contributed by atoms with Gasteiger partial charge in [0.1, 0.15) is 0 Å². The first-order valence-electron chi connectivity index (χ1n) is 7.32. The van der Waals surface area contributed by atoms with Crippen molar-refractivity contribution >= 4 is 5.91 Å². The normalized spacial score (nSPS) is 23.5. The van der Waals surface area contributed by atoms with Crippen LogP contribution < -0.4 is 10.6 Å². The zero-order valence-corrected chi connectivity index (χ0v) is 11.5. The average molecular weight is 258 g/mol. The topological polar surface area (TPSA) is 41.1 Å². The van der Waals surface area contributed by atoms with Crippen molar-refractivity contribution in [2.75, 3.05) is 6.54 Å². The van der Waals surface area contributed by atoms with Crippen LogP contribution in [0.25, 0.3) is 0 Å². The molecule has 2 atom stereocenters. The smallest absolute Gasteiger partial charge is 0.237 e. The molecule has 0 spiro atoms. The summed E-state index contributed by atoms with van der Waals surface area (Å²) in [7, 11) is 0. The second-order valence-electron chi connectivity index (χ2n) is 5.97. The van der Waals surface area contributed by atoms with E-state index in [1.807, 2.05) is 6.07 Å². The molecule has 19 heavy (non-hydrogen) atoms. The molecule has 0 saturated heterocycles. The summed E-state index contributed by atoms with van der Waals surface area (Å²) in [6.07, 6.45) is 3.48. The van der Waals surface area contributed by atoms with Crippen molar-refractivity contribution in [3.63, 3.8) is 0 Å². The van der Waals surface area contributed by atoms with E-state index in [1.54, 1.807) is 0 Å². The van der Waals surface area contributed by atoms with E-state index in [9.17, 15) is 4.79 Å². The Balaban J connectivity index is 1.53. The highest BCUT2D eigenvalue weighted by Crippen LogP contribution is 2.36. The molecule has 2 N–H and O–H groups in total. The molecule has 1 aliphatic carbocycles. The van der Waals surface area contributed by atoms with Crippen LogP contribution in [0, 0.1) is 11.8 Å². The number of rotatable bonds is 4. The lowest BCUT2D eigenvalue weighted by Crippen LogP contribution is -2.48. The molecule has 102 valence electrons. The maximum Gasteiger partial charge on any atom is 0.237 e. The van der Waals surface area contributed by atoms with Gasteiger partial charge in [-0.1, -0.05) is 31.2 Å². The second kappa shape index (κ2) is 5.33. The van der Waals surface area contributed by atoms with Gasteiger partial charge in [0.25, 0.3) is 0 Å². The van der Waals surface area contributed by atoms with E-state index in [1.165, 1.54) is 24.0 Å². The Morgan fingerprint density at radius 2 is 2.11 bits per heavy atom. The second-order valence-corrected chi connectivity index (χ2v) is 5.97. The minimum atomic E-state index is -0.0682. The predicted molar refractivity (Wildman–Crippen MR) is 75.7 cm³/mol. The standard InChI is InChI=1S/C16H22N2O/c1-11(12-6-7-12)9-18-16(19)15-8-13-4-2-3-5-14(13)10-17-15/h2-5,11-12,15,17H,6-10H2,1H3,(H,18,19). The number of carbonyl (C=O) groups is 1. The molecular weight excluding hydrogens is 236 g/mol. The van der Waals surface area contributed by atoms with Crippen molar-refractivity contribution in [2.45, 2.75) is 38.8 Å². The van der Waals surface area contributed by atoms with Gasteiger partial charge in [0.05, 0.1) is 6.04 Å². The van der Waals surface area contributed by atoms with Crippen molar-refractivity contribution in [2.24, 2.45) is 11.8 Å². The molecule has 1 saturated carbocycles. The fraction of sp³-hybridized carbons (Fsp3) is 0.562. The molecule has 1 fully saturated rings. The number of hydrogen-bond donors (Lipinski definition) is 2. The summed E-state index contributed by atoms with van der Waals surface area (Å²) >= 11 is 0. The van der Waals surface area contributed by atoms with E-state index in [4.69, 9.17) is 0 Å². The molecule has 3 heteroatoms. The van der Waals surface area contributed by atoms with E-state index in [2.05, 4.69) is 35.8 Å². The molecule has 1 aliphatic heterocycles. The Labute approximate surface area is 114 Å². The lowest BCUT2D eigenvalue weighted by Gasteiger charge is -2.25. The maximum absolute atomic E-state index is 12.2. The lowest BCUT2D eigenvalue weighted by molar-refractivity contribution is -0.123. The van der Waals surface area contributed by atoms with Gasteiger partial charge in [-0.05, 0) is 42.2 Å². The van der Waals surface area contributed by atoms with E-state index in [0.717, 1.165) is 25.4 Å². The SMILES string of the molecule is CC(CNC(=O)C1Cc2ccccc2CN1)C1CC1. The van der Waals surface area contributed by atoms with Gasteiger partial charge in [0.2, 0.25) is 5.91 Å². The highest BCUT2D eigenvalue weighted by atomic mass is 16.2. The molecule has 0 radical (unpaired) electrons. The average Bonchev–Trinajstić information content (AvgIpc) is 3.28. The van der Waals surface area contributed by atoms with Gasteiger partial charge in [-0.2, -0.15) is 0 Å². The fourth-order valence-electron chi connectivity index (χ4n) is 2.86. The van der Waals surface area contributed by atoms with Crippen molar-refractivity contribution in [3.05, 3.63) is 35.4 Å². The minimum Gasteiger partial charge on any atom is -0.354 e. The van der Waals surface area contributed by atoms with Crippen molar-refractivity contribution in [1.82, 2.24) is 10.6 Å². The number of nitrogens with one attached hydrogen (secondary N) is 2. The molecule has 0 aromatic heterocycles. The van der Waals surface area contributed by atoms with Crippen LogP contribution in [0.1, 0.15) is 30.9 Å². The summed E-state index contributed by atoms with van der Waals surface area (Å²) in [6, 6.07) is 8.29. The van der Waals surface area contributed by atoms with Gasteiger partial charge in [0.15, 0.2) is 0 Å². The summed E-state index contributed by atoms with van der Waals surface area (Å²) in [6.45, 7) is 3.86. The van der Waals surface area contributed by atoms with Gasteiger partial charge < -0.3 is 10.6 Å². The van der Waals surface area contributed by atoms with Gasteiger partial charge in [-0.3, -0.25) is 4.79 Å². The van der Waals surface area contributed by atoms with Crippen LogP contribution in [0.2, 0.25) is 0 Å². The largest absolute Gasteiger partial charge is 0.354 e. The third-order valence-corrected chi connectivity index (χ3v) is 4.42. The van der Waals surface area contributed by atoms with Crippen LogP contribution in [0.4, 0.5) is 0 Å². The molecule has 2 unspecified atom stereocenters. The molecule has 1 aromatic rings. The van der Waals surface area contributed by atoms with Gasteiger partial charge in [-0.25, -0.2) is 0 Å². The number of amides is 1. The third-order valence-electron chi connectivity index (χ3n) is 4.42. The number of hydrogen-bond acceptors (Lipinski definition) is 2. The minimum absolute atomic E-state index is 0.0682. The summed E-state index contributed by atoms with van der Waals surface area (Å²) < 4.78 is 0. The van der Waals surface area contributed by atoms with Gasteiger partial charge in [0, 0.05) is 13.1 Å². The molecule has 1 heterocycles. The summed E-state index contributed by atoms with van der Waals surface area (Å²) in [5, 5.41) is 6.43. The lowest BCUT2D eigenvalue weighted by atomic mass is 9.95. The molecule has 2 aliphatic rings. The third kappa shape index (κ3) is 2.98. The van der Waals surface area contributed by atoms with E-state index in [-0.39, 0.29) is 11.9 Å². The Morgan fingerprint density at radius 3 is 2.84 bits per heavy atom. The van der Waals surface area contributed by atoms with Crippen LogP contribution in [-0.2, 0) is 17.8 Å². The Morgan fingerprint density at radius 1 is 1.37 bits per heavy atom. The molecule has 0 bridgehead atoms. The van der Waals surface area contributed by atoms with Crippen LogP contribution in [0.5, 0.6) is 0 Å². The first kappa shape index (κ1) is 12.7. The molecular formula is C16H22N2O. The summed E-state index contributed by atoms with van der Waals surface area (Å²) in [4.78, 5) is 12.2. The van der Waals surface area contributed by atoms with Crippen molar-refractivity contribution in [1.29, 1.82) is 0 Å². The number of benzene rings is 1. The van der Waals surface area contributed by atoms with Gasteiger partial charge >= 0.3 is 0 Å². The van der Waals surface area contributed by atoms with Crippen LogP contribution in [0.15, 0.2) is 24.3 Å². The quantitative estimate of drug-likeness (QED) is 0.865. The van der Waals surface area contributed by atoms with Crippen LogP contribution >= 0.6 is 0 Å². The zero-order valence-electron chi connectivity index (χ0n) is 11.5. The number of carbonyl (C=O) groups excluding carboxylic acids is 1. The predicted octanol–water partition coefficient (Wildman–Crippen LogP) is 1.86. The fourth-order valence-corrected chi connectivity index (χ4v) is 2.86. The molecule has 1 amide bonds. The van der Waals surface area contributed by atoms with E-state index < -0.39 is 0 Å². The zero-order chi connectivity index (χ0) is 13.2. The van der Waals surface area contributed by atoms with Crippen molar-refractivity contribution < 1.29 is 4.79 Å². The van der Waals surface area contributed by atoms with E-state index in [0.29, 0.717) is 5.92 Å². The van der Waals surface area contributed by atoms with Crippen LogP contribution in [0.3, 0.4) is 0 Å². The highest BCUT2D eigenvalue weighted by Gasteiger charge is 2.29.